The molecule has 164 valence electrons. The number of carbonyl (C=O) groups is 2. The SMILES string of the molecule is COc1ncnc2c1N(C(N)=O)C(OC(=O)N1CCC(Cc3ccc(F)cc3)CC1)S2. The van der Waals surface area contributed by atoms with E-state index in [-0.39, 0.29) is 11.7 Å². The fourth-order valence-electron chi connectivity index (χ4n) is 3.77. The van der Waals surface area contributed by atoms with Gasteiger partial charge in [-0.05, 0) is 54.6 Å². The summed E-state index contributed by atoms with van der Waals surface area (Å²) in [6, 6.07) is 5.71. The van der Waals surface area contributed by atoms with Crippen molar-refractivity contribution in [1.29, 1.82) is 0 Å². The summed E-state index contributed by atoms with van der Waals surface area (Å²) < 4.78 is 23.8. The molecule has 1 aromatic heterocycles. The van der Waals surface area contributed by atoms with Gasteiger partial charge in [0.2, 0.25) is 11.4 Å². The van der Waals surface area contributed by atoms with E-state index in [1.807, 2.05) is 0 Å². The standard InChI is InChI=1S/C20H22FN5O4S/c1-29-16-15-17(24-11-23-16)31-20(26(15)18(22)27)30-19(28)25-8-6-13(7-9-25)10-12-2-4-14(21)5-3-12/h2-5,11,13,20H,6-10H2,1H3,(H2,22,27). The smallest absolute Gasteiger partial charge is 0.412 e. The Balaban J connectivity index is 1.35. The summed E-state index contributed by atoms with van der Waals surface area (Å²) >= 11 is 1.09. The molecule has 1 saturated heterocycles. The van der Waals surface area contributed by atoms with Crippen LogP contribution in [0, 0.1) is 11.7 Å². The minimum atomic E-state index is -0.984. The maximum Gasteiger partial charge on any atom is 0.412 e. The first-order valence-corrected chi connectivity index (χ1v) is 10.7. The molecule has 0 spiro atoms. The van der Waals surface area contributed by atoms with Crippen LogP contribution in [0.2, 0.25) is 0 Å². The van der Waals surface area contributed by atoms with Gasteiger partial charge in [-0.3, -0.25) is 0 Å². The zero-order chi connectivity index (χ0) is 22.0. The molecule has 1 aromatic carbocycles. The second-order valence-electron chi connectivity index (χ2n) is 7.31. The number of thioether (sulfide) groups is 1. The molecular weight excluding hydrogens is 425 g/mol. The number of amides is 3. The third-order valence-electron chi connectivity index (χ3n) is 5.36. The van der Waals surface area contributed by atoms with E-state index in [0.717, 1.165) is 41.5 Å². The molecule has 2 aromatic rings. The van der Waals surface area contributed by atoms with Crippen molar-refractivity contribution in [3.63, 3.8) is 0 Å². The second-order valence-corrected chi connectivity index (χ2v) is 8.34. The van der Waals surface area contributed by atoms with Crippen molar-refractivity contribution in [3.05, 3.63) is 42.0 Å². The lowest BCUT2D eigenvalue weighted by molar-refractivity contribution is 0.0808. The van der Waals surface area contributed by atoms with Gasteiger partial charge < -0.3 is 20.1 Å². The number of nitrogens with two attached hydrogens (primary N) is 1. The summed E-state index contributed by atoms with van der Waals surface area (Å²) in [7, 11) is 1.42. The number of methoxy groups -OCH3 is 1. The minimum absolute atomic E-state index is 0.177. The van der Waals surface area contributed by atoms with E-state index >= 15 is 0 Å². The molecule has 0 aliphatic carbocycles. The Morgan fingerprint density at radius 1 is 1.23 bits per heavy atom. The molecule has 1 atom stereocenters. The van der Waals surface area contributed by atoms with E-state index in [0.29, 0.717) is 29.7 Å². The Hall–Kier alpha value is -3.08. The zero-order valence-electron chi connectivity index (χ0n) is 16.9. The lowest BCUT2D eigenvalue weighted by Gasteiger charge is -2.32. The first-order chi connectivity index (χ1) is 15.0. The number of benzene rings is 1. The van der Waals surface area contributed by atoms with Gasteiger partial charge in [0, 0.05) is 13.1 Å². The number of fused-ring (bicyclic) bond motifs is 1. The van der Waals surface area contributed by atoms with Crippen LogP contribution < -0.4 is 15.4 Å². The first kappa shape index (κ1) is 21.2. The topological polar surface area (TPSA) is 111 Å². The number of likely N-dealkylation sites (tertiary alicyclic amines) is 1. The number of aromatic nitrogens is 2. The van der Waals surface area contributed by atoms with Gasteiger partial charge in [0.05, 0.1) is 7.11 Å². The fourth-order valence-corrected chi connectivity index (χ4v) is 4.81. The highest BCUT2D eigenvalue weighted by atomic mass is 32.2. The van der Waals surface area contributed by atoms with Gasteiger partial charge in [-0.2, -0.15) is 4.98 Å². The van der Waals surface area contributed by atoms with Crippen LogP contribution >= 0.6 is 11.8 Å². The van der Waals surface area contributed by atoms with Crippen LogP contribution in [0.5, 0.6) is 5.88 Å². The number of hydrogen-bond donors (Lipinski definition) is 1. The Morgan fingerprint density at radius 3 is 2.58 bits per heavy atom. The summed E-state index contributed by atoms with van der Waals surface area (Å²) in [5.74, 6) is 0.333. The van der Waals surface area contributed by atoms with Gasteiger partial charge in [-0.25, -0.2) is 23.9 Å². The Kier molecular flexibility index (Phi) is 6.12. The van der Waals surface area contributed by atoms with Crippen molar-refractivity contribution in [2.45, 2.75) is 29.8 Å². The Morgan fingerprint density at radius 2 is 1.94 bits per heavy atom. The maximum atomic E-state index is 13.1. The number of piperidine rings is 1. The number of nitrogens with zero attached hydrogens (tertiary/aromatic N) is 4. The molecule has 1 unspecified atom stereocenters. The third kappa shape index (κ3) is 4.50. The van der Waals surface area contributed by atoms with Crippen LogP contribution in [0.25, 0.3) is 0 Å². The predicted molar refractivity (Wildman–Crippen MR) is 111 cm³/mol. The molecule has 31 heavy (non-hydrogen) atoms. The van der Waals surface area contributed by atoms with Crippen LogP contribution in [-0.2, 0) is 11.2 Å². The number of urea groups is 1. The van der Waals surface area contributed by atoms with Crippen LogP contribution in [0.15, 0.2) is 35.6 Å². The van der Waals surface area contributed by atoms with Crippen LogP contribution in [-0.4, -0.2) is 52.8 Å². The second kappa shape index (κ2) is 8.96. The highest BCUT2D eigenvalue weighted by Crippen LogP contribution is 2.46. The maximum absolute atomic E-state index is 13.1. The molecular formula is C20H22FN5O4S. The summed E-state index contributed by atoms with van der Waals surface area (Å²) in [6.45, 7) is 1.07. The molecule has 0 radical (unpaired) electrons. The largest absolute Gasteiger partial charge is 0.479 e. The molecule has 2 aliphatic heterocycles. The summed E-state index contributed by atoms with van der Waals surface area (Å²) in [6.07, 6.45) is 3.24. The average Bonchev–Trinajstić information content (AvgIpc) is 3.14. The van der Waals surface area contributed by atoms with Crippen LogP contribution in [0.4, 0.5) is 19.7 Å². The van der Waals surface area contributed by atoms with E-state index in [1.165, 1.54) is 25.6 Å². The molecule has 3 amide bonds. The molecule has 11 heteroatoms. The van der Waals surface area contributed by atoms with Gasteiger partial charge >= 0.3 is 12.1 Å². The molecule has 1 fully saturated rings. The fraction of sp³-hybridized carbons (Fsp3) is 0.400. The predicted octanol–water partition coefficient (Wildman–Crippen LogP) is 2.99. The van der Waals surface area contributed by atoms with Crippen molar-refractivity contribution in [1.82, 2.24) is 14.9 Å². The molecule has 4 rings (SSSR count). The molecule has 3 heterocycles. The molecule has 9 nitrogen and oxygen atoms in total. The Labute approximate surface area is 182 Å². The molecule has 2 N–H and O–H groups in total. The number of rotatable bonds is 4. The van der Waals surface area contributed by atoms with E-state index in [9.17, 15) is 14.0 Å². The van der Waals surface area contributed by atoms with Crippen molar-refractivity contribution < 1.29 is 23.5 Å². The third-order valence-corrected chi connectivity index (χ3v) is 6.39. The van der Waals surface area contributed by atoms with Crippen molar-refractivity contribution in [3.8, 4) is 5.88 Å². The first-order valence-electron chi connectivity index (χ1n) is 9.80. The molecule has 0 bridgehead atoms. The number of ether oxygens (including phenoxy) is 2. The monoisotopic (exact) mass is 447 g/mol. The zero-order valence-corrected chi connectivity index (χ0v) is 17.7. The van der Waals surface area contributed by atoms with E-state index < -0.39 is 17.7 Å². The van der Waals surface area contributed by atoms with Gasteiger partial charge in [0.25, 0.3) is 0 Å². The van der Waals surface area contributed by atoms with Gasteiger partial charge in [-0.15, -0.1) is 0 Å². The van der Waals surface area contributed by atoms with Crippen molar-refractivity contribution in [2.75, 3.05) is 25.1 Å². The quantitative estimate of drug-likeness (QED) is 0.717. The van der Waals surface area contributed by atoms with E-state index in [2.05, 4.69) is 9.97 Å². The van der Waals surface area contributed by atoms with E-state index in [1.54, 1.807) is 17.0 Å². The van der Waals surface area contributed by atoms with Gasteiger partial charge in [-0.1, -0.05) is 12.1 Å². The normalized spacial score (nSPS) is 18.6. The number of anilines is 1. The summed E-state index contributed by atoms with van der Waals surface area (Å²) in [4.78, 5) is 35.6. The van der Waals surface area contributed by atoms with Gasteiger partial charge in [0.1, 0.15) is 22.9 Å². The Bertz CT molecular complexity index is 969. The minimum Gasteiger partial charge on any atom is -0.479 e. The van der Waals surface area contributed by atoms with Crippen molar-refractivity contribution >= 4 is 29.6 Å². The lowest BCUT2D eigenvalue weighted by atomic mass is 9.90. The molecule has 0 saturated carbocycles. The van der Waals surface area contributed by atoms with Crippen molar-refractivity contribution in [2.24, 2.45) is 11.7 Å². The van der Waals surface area contributed by atoms with Crippen LogP contribution in [0.3, 0.4) is 0 Å². The van der Waals surface area contributed by atoms with Crippen LogP contribution in [0.1, 0.15) is 18.4 Å². The van der Waals surface area contributed by atoms with Gasteiger partial charge in [0.15, 0.2) is 0 Å². The lowest BCUT2D eigenvalue weighted by Crippen LogP contribution is -2.46. The number of halogens is 1. The number of hydrogen-bond acceptors (Lipinski definition) is 7. The van der Waals surface area contributed by atoms with E-state index in [4.69, 9.17) is 15.2 Å². The number of primary amides is 1. The summed E-state index contributed by atoms with van der Waals surface area (Å²) in [5, 5.41) is 0.446. The highest BCUT2D eigenvalue weighted by molar-refractivity contribution is 8.00. The summed E-state index contributed by atoms with van der Waals surface area (Å²) in [5.41, 5.74) is 5.90. The highest BCUT2D eigenvalue weighted by Gasteiger charge is 2.41. The molecule has 2 aliphatic rings. The number of carbonyl (C=O) groups excluding carboxylic acids is 2. The average molecular weight is 447 g/mol.